The standard InChI is InChI=1S/C31H27F10NO2/c1-15(2)24-13-25(16(3)7-26(24)32)23-6-5-20(29(33,34)35)11-19(23)14-42-17(4)8-27(44-28(42)43)18-9-21(30(36,37)38)12-22(10-18)31(39,40)41/h5-7,9-13,15,17,27H,8,14H2,1-4H3/t17-,27-/m0/s1. The maximum atomic E-state index is 14.6. The minimum Gasteiger partial charge on any atom is -0.441 e. The molecule has 44 heavy (non-hydrogen) atoms. The Labute approximate surface area is 246 Å². The zero-order valence-corrected chi connectivity index (χ0v) is 23.8. The van der Waals surface area contributed by atoms with E-state index in [-0.39, 0.29) is 29.5 Å². The molecule has 3 nitrogen and oxygen atoms in total. The molecule has 3 aromatic carbocycles. The van der Waals surface area contributed by atoms with Crippen molar-refractivity contribution in [3.63, 3.8) is 0 Å². The third-order valence-electron chi connectivity index (χ3n) is 7.58. The molecule has 0 bridgehead atoms. The first-order valence-corrected chi connectivity index (χ1v) is 13.4. The van der Waals surface area contributed by atoms with E-state index in [2.05, 4.69) is 0 Å². The van der Waals surface area contributed by atoms with Gasteiger partial charge in [0.25, 0.3) is 0 Å². The van der Waals surface area contributed by atoms with Crippen LogP contribution >= 0.6 is 0 Å². The Balaban J connectivity index is 1.72. The zero-order valence-electron chi connectivity index (χ0n) is 23.8. The molecule has 0 aliphatic carbocycles. The Hall–Kier alpha value is -3.77. The molecule has 238 valence electrons. The SMILES string of the molecule is Cc1cc(F)c(C(C)C)cc1-c1ccc(C(F)(F)F)cc1CN1C(=O)O[C@H](c2cc(C(F)(F)F)cc(C(F)(F)F)c2)C[C@@H]1C. The molecule has 0 aromatic heterocycles. The fraction of sp³-hybridized carbons (Fsp3) is 0.387. The predicted molar refractivity (Wildman–Crippen MR) is 141 cm³/mol. The summed E-state index contributed by atoms with van der Waals surface area (Å²) in [5.74, 6) is -0.743. The first-order chi connectivity index (χ1) is 20.2. The summed E-state index contributed by atoms with van der Waals surface area (Å²) in [6.07, 6.45) is -17.8. The summed E-state index contributed by atoms with van der Waals surface area (Å²) in [6.45, 7) is 6.09. The average Bonchev–Trinajstić information content (AvgIpc) is 2.88. The monoisotopic (exact) mass is 635 g/mol. The molecule has 0 N–H and O–H groups in total. The number of amides is 1. The van der Waals surface area contributed by atoms with Crippen LogP contribution in [0.1, 0.15) is 78.2 Å². The van der Waals surface area contributed by atoms with E-state index in [0.29, 0.717) is 28.8 Å². The molecule has 1 heterocycles. The van der Waals surface area contributed by atoms with Gasteiger partial charge in [-0.15, -0.1) is 0 Å². The Morgan fingerprint density at radius 2 is 1.39 bits per heavy atom. The van der Waals surface area contributed by atoms with E-state index in [4.69, 9.17) is 4.74 Å². The van der Waals surface area contributed by atoms with E-state index in [1.54, 1.807) is 20.8 Å². The minimum atomic E-state index is -5.11. The number of cyclic esters (lactones) is 1. The van der Waals surface area contributed by atoms with Crippen molar-refractivity contribution in [3.05, 3.63) is 93.3 Å². The fourth-order valence-corrected chi connectivity index (χ4v) is 5.21. The summed E-state index contributed by atoms with van der Waals surface area (Å²) >= 11 is 0. The zero-order chi connectivity index (χ0) is 32.9. The molecule has 1 fully saturated rings. The van der Waals surface area contributed by atoms with E-state index in [1.807, 2.05) is 0 Å². The highest BCUT2D eigenvalue weighted by Gasteiger charge is 2.40. The van der Waals surface area contributed by atoms with Crippen LogP contribution in [0.15, 0.2) is 48.5 Å². The lowest BCUT2D eigenvalue weighted by Gasteiger charge is -2.38. The molecule has 1 aliphatic heterocycles. The van der Waals surface area contributed by atoms with E-state index < -0.39 is 71.4 Å². The number of rotatable bonds is 5. The number of carbonyl (C=O) groups excluding carboxylic acids is 1. The minimum absolute atomic E-state index is 0.0323. The Bertz CT molecular complexity index is 1520. The maximum absolute atomic E-state index is 14.6. The van der Waals surface area contributed by atoms with Gasteiger partial charge in [0.1, 0.15) is 11.9 Å². The van der Waals surface area contributed by atoms with Crippen LogP contribution in [-0.4, -0.2) is 17.0 Å². The molecule has 0 radical (unpaired) electrons. The quantitative estimate of drug-likeness (QED) is 0.261. The fourth-order valence-electron chi connectivity index (χ4n) is 5.21. The normalized spacial score (nSPS) is 18.2. The van der Waals surface area contributed by atoms with E-state index >= 15 is 0 Å². The number of alkyl halides is 9. The molecule has 2 atom stereocenters. The number of hydrogen-bond acceptors (Lipinski definition) is 2. The van der Waals surface area contributed by atoms with Gasteiger partial charge >= 0.3 is 24.6 Å². The number of nitrogens with zero attached hydrogens (tertiary/aromatic N) is 1. The molecular formula is C31H27F10NO2. The third kappa shape index (κ3) is 6.96. The first kappa shape index (κ1) is 33.1. The van der Waals surface area contributed by atoms with E-state index in [0.717, 1.165) is 17.0 Å². The van der Waals surface area contributed by atoms with Gasteiger partial charge in [-0.25, -0.2) is 9.18 Å². The molecule has 0 unspecified atom stereocenters. The van der Waals surface area contributed by atoms with Crippen LogP contribution < -0.4 is 0 Å². The Morgan fingerprint density at radius 3 is 1.89 bits per heavy atom. The lowest BCUT2D eigenvalue weighted by Crippen LogP contribution is -2.44. The smallest absolute Gasteiger partial charge is 0.416 e. The summed E-state index contributed by atoms with van der Waals surface area (Å²) in [5.41, 5.74) is -3.18. The van der Waals surface area contributed by atoms with Gasteiger partial charge in [-0.2, -0.15) is 39.5 Å². The van der Waals surface area contributed by atoms with Crippen LogP contribution in [0, 0.1) is 12.7 Å². The lowest BCUT2D eigenvalue weighted by molar-refractivity contribution is -0.143. The summed E-state index contributed by atoms with van der Waals surface area (Å²) in [4.78, 5) is 14.2. The van der Waals surface area contributed by atoms with Gasteiger partial charge in [-0.05, 0) is 95.6 Å². The van der Waals surface area contributed by atoms with Crippen molar-refractivity contribution < 1.29 is 53.4 Å². The molecule has 1 aliphatic rings. The number of hydrogen-bond donors (Lipinski definition) is 0. The third-order valence-corrected chi connectivity index (χ3v) is 7.58. The van der Waals surface area contributed by atoms with Crippen LogP contribution in [0.5, 0.6) is 0 Å². The summed E-state index contributed by atoms with van der Waals surface area (Å²) < 4.78 is 141. The van der Waals surface area contributed by atoms with Crippen LogP contribution in [0.4, 0.5) is 48.7 Å². The molecule has 0 spiro atoms. The highest BCUT2D eigenvalue weighted by Crippen LogP contribution is 2.42. The van der Waals surface area contributed by atoms with Gasteiger partial charge in [0.05, 0.1) is 16.7 Å². The molecule has 1 saturated heterocycles. The summed E-state index contributed by atoms with van der Waals surface area (Å²) in [7, 11) is 0. The van der Waals surface area contributed by atoms with Gasteiger partial charge in [0.2, 0.25) is 0 Å². The topological polar surface area (TPSA) is 29.5 Å². The molecule has 1 amide bonds. The number of benzene rings is 3. The number of ether oxygens (including phenoxy) is 1. The maximum Gasteiger partial charge on any atom is 0.416 e. The summed E-state index contributed by atoms with van der Waals surface area (Å²) in [5, 5.41) is 0. The number of carbonyl (C=O) groups is 1. The van der Waals surface area contributed by atoms with Gasteiger partial charge in [-0.3, -0.25) is 0 Å². The van der Waals surface area contributed by atoms with Crippen molar-refractivity contribution >= 4 is 6.09 Å². The van der Waals surface area contributed by atoms with Crippen molar-refractivity contribution in [2.45, 2.75) is 77.3 Å². The Morgan fingerprint density at radius 1 is 0.818 bits per heavy atom. The van der Waals surface area contributed by atoms with Crippen molar-refractivity contribution in [3.8, 4) is 11.1 Å². The average molecular weight is 636 g/mol. The number of halogens is 10. The van der Waals surface area contributed by atoms with E-state index in [1.165, 1.54) is 25.1 Å². The van der Waals surface area contributed by atoms with Gasteiger partial charge in [0, 0.05) is 19.0 Å². The van der Waals surface area contributed by atoms with Crippen LogP contribution in [0.2, 0.25) is 0 Å². The van der Waals surface area contributed by atoms with Crippen molar-refractivity contribution in [2.75, 3.05) is 0 Å². The van der Waals surface area contributed by atoms with Crippen molar-refractivity contribution in [2.24, 2.45) is 0 Å². The Kier molecular flexibility index (Phi) is 8.75. The second-order valence-corrected chi connectivity index (χ2v) is 11.1. The molecule has 0 saturated carbocycles. The molecule has 3 aromatic rings. The van der Waals surface area contributed by atoms with Crippen LogP contribution in [0.3, 0.4) is 0 Å². The van der Waals surface area contributed by atoms with Gasteiger partial charge in [-0.1, -0.05) is 19.9 Å². The van der Waals surface area contributed by atoms with Crippen LogP contribution in [-0.2, 0) is 29.8 Å². The van der Waals surface area contributed by atoms with Gasteiger partial charge < -0.3 is 9.64 Å². The summed E-state index contributed by atoms with van der Waals surface area (Å²) in [6, 6.07) is 5.76. The van der Waals surface area contributed by atoms with Gasteiger partial charge in [0.15, 0.2) is 0 Å². The van der Waals surface area contributed by atoms with Crippen molar-refractivity contribution in [1.82, 2.24) is 4.90 Å². The van der Waals surface area contributed by atoms with E-state index in [9.17, 15) is 48.7 Å². The predicted octanol–water partition coefficient (Wildman–Crippen LogP) is 10.5. The first-order valence-electron chi connectivity index (χ1n) is 13.4. The largest absolute Gasteiger partial charge is 0.441 e. The van der Waals surface area contributed by atoms with Crippen LogP contribution in [0.25, 0.3) is 11.1 Å². The molecular weight excluding hydrogens is 608 g/mol. The van der Waals surface area contributed by atoms with Crippen molar-refractivity contribution in [1.29, 1.82) is 0 Å². The molecule has 13 heteroatoms. The second-order valence-electron chi connectivity index (χ2n) is 11.1. The highest BCUT2D eigenvalue weighted by atomic mass is 19.4. The lowest BCUT2D eigenvalue weighted by atomic mass is 9.89. The molecule has 4 rings (SSSR count). The number of aryl methyl sites for hydroxylation is 1. The second kappa shape index (κ2) is 11.6. The highest BCUT2D eigenvalue weighted by molar-refractivity contribution is 5.74.